The standard InChI is InChI=1S/C16H18N4/c1-16(2,3)20-10-19-14(15(20)17)12-6-7-13-11(9-12)5-4-8-18-13/h4-10H,17H2,1-3H3. The Balaban J connectivity index is 2.14. The fourth-order valence-corrected chi connectivity index (χ4v) is 2.34. The molecule has 0 atom stereocenters. The summed E-state index contributed by atoms with van der Waals surface area (Å²) >= 11 is 0. The quantitative estimate of drug-likeness (QED) is 0.734. The van der Waals surface area contributed by atoms with Gasteiger partial charge in [0.15, 0.2) is 0 Å². The third kappa shape index (κ3) is 2.03. The maximum absolute atomic E-state index is 6.25. The number of imidazole rings is 1. The molecule has 20 heavy (non-hydrogen) atoms. The van der Waals surface area contributed by atoms with Crippen molar-refractivity contribution in [2.75, 3.05) is 5.73 Å². The van der Waals surface area contributed by atoms with E-state index in [2.05, 4.69) is 36.8 Å². The van der Waals surface area contributed by atoms with Gasteiger partial charge in [-0.2, -0.15) is 0 Å². The summed E-state index contributed by atoms with van der Waals surface area (Å²) in [5.41, 5.74) is 9.00. The van der Waals surface area contributed by atoms with E-state index < -0.39 is 0 Å². The molecule has 0 saturated carbocycles. The van der Waals surface area contributed by atoms with Gasteiger partial charge >= 0.3 is 0 Å². The molecule has 1 aromatic carbocycles. The lowest BCUT2D eigenvalue weighted by atomic mass is 10.1. The topological polar surface area (TPSA) is 56.7 Å². The predicted octanol–water partition coefficient (Wildman–Crippen LogP) is 3.44. The summed E-state index contributed by atoms with van der Waals surface area (Å²) < 4.78 is 2.00. The summed E-state index contributed by atoms with van der Waals surface area (Å²) in [6, 6.07) is 10.1. The van der Waals surface area contributed by atoms with Gasteiger partial charge in [-0.05, 0) is 39.0 Å². The summed E-state index contributed by atoms with van der Waals surface area (Å²) in [6.45, 7) is 6.33. The number of anilines is 1. The molecule has 102 valence electrons. The largest absolute Gasteiger partial charge is 0.383 e. The molecule has 0 radical (unpaired) electrons. The molecule has 0 aliphatic heterocycles. The second-order valence-corrected chi connectivity index (χ2v) is 5.93. The van der Waals surface area contributed by atoms with Crippen LogP contribution in [0.25, 0.3) is 22.2 Å². The number of nitrogens with two attached hydrogens (primary N) is 1. The molecule has 2 aromatic heterocycles. The molecule has 0 amide bonds. The van der Waals surface area contributed by atoms with Crippen molar-refractivity contribution < 1.29 is 0 Å². The predicted molar refractivity (Wildman–Crippen MR) is 82.4 cm³/mol. The van der Waals surface area contributed by atoms with Crippen LogP contribution >= 0.6 is 0 Å². The second kappa shape index (κ2) is 4.34. The van der Waals surface area contributed by atoms with Gasteiger partial charge in [0, 0.05) is 22.7 Å². The Bertz CT molecular complexity index is 765. The minimum absolute atomic E-state index is 0.0757. The zero-order chi connectivity index (χ0) is 14.3. The molecule has 2 heterocycles. The van der Waals surface area contributed by atoms with Gasteiger partial charge in [-0.3, -0.25) is 4.98 Å². The highest BCUT2D eigenvalue weighted by Gasteiger charge is 2.19. The van der Waals surface area contributed by atoms with Gasteiger partial charge in [0.2, 0.25) is 0 Å². The maximum Gasteiger partial charge on any atom is 0.132 e. The highest BCUT2D eigenvalue weighted by molar-refractivity contribution is 5.85. The first-order chi connectivity index (χ1) is 9.47. The zero-order valence-corrected chi connectivity index (χ0v) is 12.0. The number of nitrogens with zero attached hydrogens (tertiary/aromatic N) is 3. The zero-order valence-electron chi connectivity index (χ0n) is 12.0. The fraction of sp³-hybridized carbons (Fsp3) is 0.250. The number of hydrogen-bond acceptors (Lipinski definition) is 3. The molecular weight excluding hydrogens is 248 g/mol. The number of fused-ring (bicyclic) bond motifs is 1. The number of rotatable bonds is 1. The van der Waals surface area contributed by atoms with Crippen LogP contribution in [-0.2, 0) is 5.54 Å². The van der Waals surface area contributed by atoms with Crippen molar-refractivity contribution in [1.29, 1.82) is 0 Å². The monoisotopic (exact) mass is 266 g/mol. The van der Waals surface area contributed by atoms with E-state index in [9.17, 15) is 0 Å². The van der Waals surface area contributed by atoms with E-state index in [0.717, 1.165) is 22.2 Å². The first-order valence-corrected chi connectivity index (χ1v) is 6.65. The van der Waals surface area contributed by atoms with Crippen LogP contribution in [0.4, 0.5) is 5.82 Å². The van der Waals surface area contributed by atoms with Crippen LogP contribution in [0.3, 0.4) is 0 Å². The van der Waals surface area contributed by atoms with Crippen molar-refractivity contribution in [2.24, 2.45) is 0 Å². The van der Waals surface area contributed by atoms with E-state index in [0.29, 0.717) is 5.82 Å². The molecule has 0 bridgehead atoms. The van der Waals surface area contributed by atoms with Gasteiger partial charge in [-0.25, -0.2) is 4.98 Å². The van der Waals surface area contributed by atoms with E-state index in [4.69, 9.17) is 5.73 Å². The molecule has 3 rings (SSSR count). The van der Waals surface area contributed by atoms with Crippen LogP contribution in [0.5, 0.6) is 0 Å². The van der Waals surface area contributed by atoms with Crippen molar-refractivity contribution >= 4 is 16.7 Å². The third-order valence-electron chi connectivity index (χ3n) is 3.40. The van der Waals surface area contributed by atoms with Gasteiger partial charge in [0.25, 0.3) is 0 Å². The molecule has 0 fully saturated rings. The van der Waals surface area contributed by atoms with Gasteiger partial charge in [0.1, 0.15) is 11.5 Å². The lowest BCUT2D eigenvalue weighted by molar-refractivity contribution is 0.402. The van der Waals surface area contributed by atoms with Crippen LogP contribution in [0.1, 0.15) is 20.8 Å². The van der Waals surface area contributed by atoms with Crippen LogP contribution in [0.15, 0.2) is 42.9 Å². The van der Waals surface area contributed by atoms with Crippen molar-refractivity contribution in [2.45, 2.75) is 26.3 Å². The molecule has 0 spiro atoms. The van der Waals surface area contributed by atoms with Crippen molar-refractivity contribution in [1.82, 2.24) is 14.5 Å². The van der Waals surface area contributed by atoms with E-state index in [1.165, 1.54) is 0 Å². The van der Waals surface area contributed by atoms with E-state index in [1.54, 1.807) is 12.5 Å². The molecule has 4 nitrogen and oxygen atoms in total. The van der Waals surface area contributed by atoms with Crippen LogP contribution < -0.4 is 5.73 Å². The molecular formula is C16H18N4. The summed E-state index contributed by atoms with van der Waals surface area (Å²) in [4.78, 5) is 8.80. The first-order valence-electron chi connectivity index (χ1n) is 6.65. The summed E-state index contributed by atoms with van der Waals surface area (Å²) in [5, 5.41) is 1.09. The Hall–Kier alpha value is -2.36. The Morgan fingerprint density at radius 1 is 1.10 bits per heavy atom. The molecule has 0 aliphatic rings. The van der Waals surface area contributed by atoms with E-state index >= 15 is 0 Å². The second-order valence-electron chi connectivity index (χ2n) is 5.93. The molecule has 3 aromatic rings. The van der Waals surface area contributed by atoms with Gasteiger partial charge in [0.05, 0.1) is 11.8 Å². The average Bonchev–Trinajstić information content (AvgIpc) is 2.80. The maximum atomic E-state index is 6.25. The fourth-order valence-electron chi connectivity index (χ4n) is 2.34. The third-order valence-corrected chi connectivity index (χ3v) is 3.40. The summed E-state index contributed by atoms with van der Waals surface area (Å²) in [7, 11) is 0. The SMILES string of the molecule is CC(C)(C)n1cnc(-c2ccc3ncccc3c2)c1N. The Kier molecular flexibility index (Phi) is 2.74. The van der Waals surface area contributed by atoms with E-state index in [-0.39, 0.29) is 5.54 Å². The molecule has 4 heteroatoms. The lowest BCUT2D eigenvalue weighted by Gasteiger charge is -2.22. The summed E-state index contributed by atoms with van der Waals surface area (Å²) in [6.07, 6.45) is 3.60. The molecule has 2 N–H and O–H groups in total. The highest BCUT2D eigenvalue weighted by Crippen LogP contribution is 2.30. The van der Waals surface area contributed by atoms with Crippen LogP contribution in [-0.4, -0.2) is 14.5 Å². The average molecular weight is 266 g/mol. The highest BCUT2D eigenvalue weighted by atomic mass is 15.2. The minimum Gasteiger partial charge on any atom is -0.383 e. The lowest BCUT2D eigenvalue weighted by Crippen LogP contribution is -2.22. The summed E-state index contributed by atoms with van der Waals surface area (Å²) in [5.74, 6) is 0.695. The molecule has 0 unspecified atom stereocenters. The van der Waals surface area contributed by atoms with Crippen molar-refractivity contribution in [3.63, 3.8) is 0 Å². The Morgan fingerprint density at radius 3 is 2.60 bits per heavy atom. The molecule has 0 aliphatic carbocycles. The molecule has 0 saturated heterocycles. The normalized spacial score (nSPS) is 11.9. The number of nitrogen functional groups attached to an aromatic ring is 1. The van der Waals surface area contributed by atoms with Crippen LogP contribution in [0.2, 0.25) is 0 Å². The van der Waals surface area contributed by atoms with Gasteiger partial charge in [-0.1, -0.05) is 12.1 Å². The van der Waals surface area contributed by atoms with Crippen molar-refractivity contribution in [3.8, 4) is 11.3 Å². The number of benzene rings is 1. The smallest absolute Gasteiger partial charge is 0.132 e. The van der Waals surface area contributed by atoms with Gasteiger partial charge in [-0.15, -0.1) is 0 Å². The van der Waals surface area contributed by atoms with E-state index in [1.807, 2.05) is 28.8 Å². The Morgan fingerprint density at radius 2 is 1.90 bits per heavy atom. The van der Waals surface area contributed by atoms with Gasteiger partial charge < -0.3 is 10.3 Å². The Labute approximate surface area is 118 Å². The van der Waals surface area contributed by atoms with Crippen LogP contribution in [0, 0.1) is 0 Å². The number of aromatic nitrogens is 3. The number of pyridine rings is 1. The van der Waals surface area contributed by atoms with Crippen molar-refractivity contribution in [3.05, 3.63) is 42.9 Å². The number of hydrogen-bond donors (Lipinski definition) is 1. The minimum atomic E-state index is -0.0757. The first kappa shape index (κ1) is 12.7.